The Morgan fingerprint density at radius 3 is 2.20 bits per heavy atom. The molecule has 2 nitrogen and oxygen atoms in total. The topological polar surface area (TPSA) is 15.3 Å². The van der Waals surface area contributed by atoms with Crippen LogP contribution in [0.15, 0.2) is 0 Å². The summed E-state index contributed by atoms with van der Waals surface area (Å²) in [5, 5.41) is 3.62. The number of hydrogen-bond donors (Lipinski definition) is 1. The molecule has 2 aliphatic carbocycles. The van der Waals surface area contributed by atoms with Crippen LogP contribution in [0, 0.1) is 11.3 Å². The fourth-order valence-electron chi connectivity index (χ4n) is 5.13. The van der Waals surface area contributed by atoms with Gasteiger partial charge in [0, 0.05) is 12.6 Å². The Morgan fingerprint density at radius 1 is 0.950 bits per heavy atom. The summed E-state index contributed by atoms with van der Waals surface area (Å²) in [6.45, 7) is 4.03. The van der Waals surface area contributed by atoms with Crippen molar-refractivity contribution in [3.05, 3.63) is 0 Å². The predicted molar refractivity (Wildman–Crippen MR) is 86.0 cm³/mol. The Hall–Kier alpha value is -0.0800. The standard InChI is InChI=1S/C18H34N2/c1-19-17(16-7-3-4-8-16)15-20-13-11-18(12-14-20)9-5-2-6-10-18/h16-17,19H,2-15H2,1H3. The Kier molecular flexibility index (Phi) is 5.04. The van der Waals surface area contributed by atoms with Crippen LogP contribution < -0.4 is 5.32 Å². The van der Waals surface area contributed by atoms with Crippen molar-refractivity contribution in [3.63, 3.8) is 0 Å². The highest BCUT2D eigenvalue weighted by Crippen LogP contribution is 2.44. The number of likely N-dealkylation sites (N-methyl/N-ethyl adjacent to an activating group) is 1. The van der Waals surface area contributed by atoms with E-state index in [4.69, 9.17) is 0 Å². The quantitative estimate of drug-likeness (QED) is 0.841. The van der Waals surface area contributed by atoms with Crippen LogP contribution in [0.1, 0.15) is 70.6 Å². The van der Waals surface area contributed by atoms with E-state index in [0.29, 0.717) is 0 Å². The molecule has 1 spiro atoms. The molecule has 0 bridgehead atoms. The molecule has 116 valence electrons. The first-order valence-corrected chi connectivity index (χ1v) is 9.21. The van der Waals surface area contributed by atoms with Crippen molar-refractivity contribution in [3.8, 4) is 0 Å². The largest absolute Gasteiger partial charge is 0.315 e. The smallest absolute Gasteiger partial charge is 0.0220 e. The molecule has 0 aromatic heterocycles. The van der Waals surface area contributed by atoms with Gasteiger partial charge in [-0.2, -0.15) is 0 Å². The number of piperidine rings is 1. The fourth-order valence-corrected chi connectivity index (χ4v) is 5.13. The van der Waals surface area contributed by atoms with Crippen LogP contribution in [-0.4, -0.2) is 37.6 Å². The summed E-state index contributed by atoms with van der Waals surface area (Å²) in [5.41, 5.74) is 0.761. The van der Waals surface area contributed by atoms with Gasteiger partial charge in [-0.3, -0.25) is 0 Å². The molecular formula is C18H34N2. The number of nitrogens with zero attached hydrogens (tertiary/aromatic N) is 1. The Balaban J connectivity index is 1.47. The molecule has 1 aliphatic heterocycles. The summed E-state index contributed by atoms with van der Waals surface area (Å²) in [6.07, 6.45) is 16.4. The van der Waals surface area contributed by atoms with Crippen molar-refractivity contribution in [1.29, 1.82) is 0 Å². The minimum atomic E-state index is 0.748. The van der Waals surface area contributed by atoms with Crippen LogP contribution >= 0.6 is 0 Å². The first-order chi connectivity index (χ1) is 9.81. The average Bonchev–Trinajstić information content (AvgIpc) is 3.02. The number of hydrogen-bond acceptors (Lipinski definition) is 2. The molecule has 1 N–H and O–H groups in total. The molecule has 0 aromatic rings. The molecule has 3 fully saturated rings. The molecule has 2 saturated carbocycles. The number of rotatable bonds is 4. The zero-order valence-electron chi connectivity index (χ0n) is 13.5. The lowest BCUT2D eigenvalue weighted by Crippen LogP contribution is -2.48. The molecule has 1 heterocycles. The summed E-state index contributed by atoms with van der Waals surface area (Å²) in [7, 11) is 2.18. The van der Waals surface area contributed by atoms with Gasteiger partial charge >= 0.3 is 0 Å². The van der Waals surface area contributed by atoms with Crippen LogP contribution in [0.5, 0.6) is 0 Å². The molecule has 2 heteroatoms. The molecule has 0 radical (unpaired) electrons. The molecule has 0 aromatic carbocycles. The first kappa shape index (κ1) is 14.8. The molecule has 1 saturated heterocycles. The summed E-state index contributed by atoms with van der Waals surface area (Å²) in [5.74, 6) is 0.950. The zero-order chi connectivity index (χ0) is 13.8. The predicted octanol–water partition coefficient (Wildman–Crippen LogP) is 3.81. The lowest BCUT2D eigenvalue weighted by atomic mass is 9.68. The van der Waals surface area contributed by atoms with E-state index < -0.39 is 0 Å². The Bertz CT molecular complexity index is 280. The normalized spacial score (nSPS) is 29.9. The summed E-state index contributed by atoms with van der Waals surface area (Å²) in [4.78, 5) is 2.76. The summed E-state index contributed by atoms with van der Waals surface area (Å²) < 4.78 is 0. The molecule has 3 aliphatic rings. The van der Waals surface area contributed by atoms with Crippen molar-refractivity contribution in [1.82, 2.24) is 10.2 Å². The second kappa shape index (κ2) is 6.79. The molecule has 20 heavy (non-hydrogen) atoms. The number of nitrogens with one attached hydrogen (secondary N) is 1. The maximum absolute atomic E-state index is 3.62. The third-order valence-corrected chi connectivity index (χ3v) is 6.63. The highest BCUT2D eigenvalue weighted by Gasteiger charge is 2.36. The second-order valence-electron chi connectivity index (χ2n) is 7.80. The third-order valence-electron chi connectivity index (χ3n) is 6.63. The Labute approximate surface area is 125 Å². The molecule has 3 rings (SSSR count). The van der Waals surface area contributed by atoms with Crippen molar-refractivity contribution in [2.75, 3.05) is 26.7 Å². The van der Waals surface area contributed by atoms with E-state index >= 15 is 0 Å². The van der Waals surface area contributed by atoms with E-state index in [0.717, 1.165) is 17.4 Å². The van der Waals surface area contributed by atoms with E-state index in [1.54, 1.807) is 0 Å². The van der Waals surface area contributed by atoms with Crippen molar-refractivity contribution in [2.24, 2.45) is 11.3 Å². The molecule has 1 atom stereocenters. The van der Waals surface area contributed by atoms with Crippen LogP contribution in [0.3, 0.4) is 0 Å². The minimum Gasteiger partial charge on any atom is -0.315 e. The second-order valence-corrected chi connectivity index (χ2v) is 7.80. The SMILES string of the molecule is CNC(CN1CCC2(CCCCC2)CC1)C1CCCC1. The monoisotopic (exact) mass is 278 g/mol. The first-order valence-electron chi connectivity index (χ1n) is 9.21. The van der Waals surface area contributed by atoms with Crippen LogP contribution in [0.4, 0.5) is 0 Å². The Morgan fingerprint density at radius 2 is 1.60 bits per heavy atom. The third kappa shape index (κ3) is 3.39. The van der Waals surface area contributed by atoms with E-state index in [-0.39, 0.29) is 0 Å². The van der Waals surface area contributed by atoms with Gasteiger partial charge in [0.1, 0.15) is 0 Å². The average molecular weight is 278 g/mol. The van der Waals surface area contributed by atoms with E-state index in [1.165, 1.54) is 90.3 Å². The minimum absolute atomic E-state index is 0.748. The van der Waals surface area contributed by atoms with Gasteiger partial charge in [-0.15, -0.1) is 0 Å². The molecule has 1 unspecified atom stereocenters. The zero-order valence-corrected chi connectivity index (χ0v) is 13.5. The van der Waals surface area contributed by atoms with Crippen LogP contribution in [0.25, 0.3) is 0 Å². The molecular weight excluding hydrogens is 244 g/mol. The van der Waals surface area contributed by atoms with E-state index in [9.17, 15) is 0 Å². The molecule has 0 amide bonds. The summed E-state index contributed by atoms with van der Waals surface area (Å²) in [6, 6.07) is 0.748. The number of likely N-dealkylation sites (tertiary alicyclic amines) is 1. The van der Waals surface area contributed by atoms with Gasteiger partial charge in [0.25, 0.3) is 0 Å². The van der Waals surface area contributed by atoms with Crippen molar-refractivity contribution in [2.45, 2.75) is 76.7 Å². The summed E-state index contributed by atoms with van der Waals surface area (Å²) >= 11 is 0. The van der Waals surface area contributed by atoms with E-state index in [2.05, 4.69) is 17.3 Å². The fraction of sp³-hybridized carbons (Fsp3) is 1.00. The van der Waals surface area contributed by atoms with Gasteiger partial charge in [-0.1, -0.05) is 32.1 Å². The van der Waals surface area contributed by atoms with Gasteiger partial charge in [0.05, 0.1) is 0 Å². The van der Waals surface area contributed by atoms with Crippen molar-refractivity contribution >= 4 is 0 Å². The van der Waals surface area contributed by atoms with Gasteiger partial charge in [0.15, 0.2) is 0 Å². The van der Waals surface area contributed by atoms with Crippen LogP contribution in [-0.2, 0) is 0 Å². The van der Waals surface area contributed by atoms with Gasteiger partial charge in [-0.25, -0.2) is 0 Å². The van der Waals surface area contributed by atoms with Gasteiger partial charge in [0.2, 0.25) is 0 Å². The maximum Gasteiger partial charge on any atom is 0.0220 e. The maximum atomic E-state index is 3.62. The van der Waals surface area contributed by atoms with Gasteiger partial charge in [-0.05, 0) is 70.0 Å². The lowest BCUT2D eigenvalue weighted by Gasteiger charge is -2.45. The van der Waals surface area contributed by atoms with Crippen molar-refractivity contribution < 1.29 is 0 Å². The van der Waals surface area contributed by atoms with E-state index in [1.807, 2.05) is 0 Å². The highest BCUT2D eigenvalue weighted by molar-refractivity contribution is 4.90. The lowest BCUT2D eigenvalue weighted by molar-refractivity contribution is 0.0593. The van der Waals surface area contributed by atoms with Crippen LogP contribution in [0.2, 0.25) is 0 Å². The highest BCUT2D eigenvalue weighted by atomic mass is 15.2. The van der Waals surface area contributed by atoms with Gasteiger partial charge < -0.3 is 10.2 Å².